The Morgan fingerprint density at radius 2 is 1.81 bits per heavy atom. The minimum absolute atomic E-state index is 0.140. The fourth-order valence-corrected chi connectivity index (χ4v) is 2.64. The third kappa shape index (κ3) is 3.13. The molecule has 0 aliphatic carbocycles. The largest absolute Gasteiger partial charge is 0.392 e. The van der Waals surface area contributed by atoms with Crippen LogP contribution in [0.1, 0.15) is 5.56 Å². The van der Waals surface area contributed by atoms with Crippen LogP contribution in [0.5, 0.6) is 0 Å². The first kappa shape index (κ1) is 13.8. The Morgan fingerprint density at radius 3 is 2.48 bits per heavy atom. The summed E-state index contributed by atoms with van der Waals surface area (Å²) >= 11 is 0. The molecule has 1 saturated heterocycles. The lowest BCUT2D eigenvalue weighted by Gasteiger charge is -2.36. The highest BCUT2D eigenvalue weighted by atomic mass is 19.1. The van der Waals surface area contributed by atoms with Crippen molar-refractivity contribution in [3.05, 3.63) is 54.0 Å². The van der Waals surface area contributed by atoms with Gasteiger partial charge in [-0.15, -0.1) is 0 Å². The Labute approximate surface area is 123 Å². The fraction of sp³-hybridized carbons (Fsp3) is 0.312. The first-order valence-corrected chi connectivity index (χ1v) is 7.07. The molecule has 0 bridgehead atoms. The molecule has 2 aromatic rings. The van der Waals surface area contributed by atoms with Crippen molar-refractivity contribution in [1.82, 2.24) is 4.98 Å². The Hall–Kier alpha value is -2.14. The second kappa shape index (κ2) is 6.10. The standard InChI is InChI=1S/C16H18FN3O/c17-14-9-13(12-21)10-15(11-14)19-5-7-20(8-6-19)16-3-1-2-4-18-16/h1-4,9-11,21H,5-8,12H2. The van der Waals surface area contributed by atoms with E-state index in [1.54, 1.807) is 6.20 Å². The van der Waals surface area contributed by atoms with Gasteiger partial charge >= 0.3 is 0 Å². The van der Waals surface area contributed by atoms with Gasteiger partial charge in [0, 0.05) is 38.1 Å². The van der Waals surface area contributed by atoms with Crippen LogP contribution in [0.4, 0.5) is 15.9 Å². The lowest BCUT2D eigenvalue weighted by molar-refractivity contribution is 0.281. The molecule has 0 unspecified atom stereocenters. The molecule has 110 valence electrons. The smallest absolute Gasteiger partial charge is 0.128 e. The molecule has 0 amide bonds. The summed E-state index contributed by atoms with van der Waals surface area (Å²) in [4.78, 5) is 8.72. The topological polar surface area (TPSA) is 39.6 Å². The first-order valence-electron chi connectivity index (χ1n) is 7.07. The monoisotopic (exact) mass is 287 g/mol. The van der Waals surface area contributed by atoms with Gasteiger partial charge in [0.25, 0.3) is 0 Å². The number of benzene rings is 1. The highest BCUT2D eigenvalue weighted by Gasteiger charge is 2.18. The minimum Gasteiger partial charge on any atom is -0.392 e. The molecule has 1 aliphatic rings. The van der Waals surface area contributed by atoms with E-state index in [4.69, 9.17) is 0 Å². The number of aromatic nitrogens is 1. The molecule has 1 aromatic carbocycles. The SMILES string of the molecule is OCc1cc(F)cc(N2CCN(c3ccccn3)CC2)c1. The second-order valence-electron chi connectivity index (χ2n) is 5.14. The molecule has 5 heteroatoms. The maximum Gasteiger partial charge on any atom is 0.128 e. The Balaban J connectivity index is 1.70. The van der Waals surface area contributed by atoms with Gasteiger partial charge < -0.3 is 14.9 Å². The molecular formula is C16H18FN3O. The predicted molar refractivity (Wildman–Crippen MR) is 81.0 cm³/mol. The minimum atomic E-state index is -0.302. The number of halogens is 1. The average molecular weight is 287 g/mol. The summed E-state index contributed by atoms with van der Waals surface area (Å²) in [7, 11) is 0. The van der Waals surface area contributed by atoms with Crippen molar-refractivity contribution in [3.63, 3.8) is 0 Å². The van der Waals surface area contributed by atoms with Crippen LogP contribution in [0.2, 0.25) is 0 Å². The number of pyridine rings is 1. The van der Waals surface area contributed by atoms with Crippen LogP contribution in [0.3, 0.4) is 0 Å². The Morgan fingerprint density at radius 1 is 1.05 bits per heavy atom. The summed E-state index contributed by atoms with van der Waals surface area (Å²) in [6, 6.07) is 10.6. The Bertz CT molecular complexity index is 598. The molecule has 0 saturated carbocycles. The second-order valence-corrected chi connectivity index (χ2v) is 5.14. The number of hydrogen-bond acceptors (Lipinski definition) is 4. The normalized spacial score (nSPS) is 15.3. The molecule has 0 spiro atoms. The number of aliphatic hydroxyl groups is 1. The van der Waals surface area contributed by atoms with Gasteiger partial charge in [-0.3, -0.25) is 0 Å². The van der Waals surface area contributed by atoms with E-state index >= 15 is 0 Å². The maximum absolute atomic E-state index is 13.6. The van der Waals surface area contributed by atoms with Crippen molar-refractivity contribution in [2.75, 3.05) is 36.0 Å². The fourth-order valence-electron chi connectivity index (χ4n) is 2.64. The lowest BCUT2D eigenvalue weighted by Crippen LogP contribution is -2.46. The van der Waals surface area contributed by atoms with Gasteiger partial charge in [0.05, 0.1) is 6.61 Å². The Kier molecular flexibility index (Phi) is 4.01. The lowest BCUT2D eigenvalue weighted by atomic mass is 10.1. The molecule has 21 heavy (non-hydrogen) atoms. The van der Waals surface area contributed by atoms with Crippen molar-refractivity contribution in [3.8, 4) is 0 Å². The van der Waals surface area contributed by atoms with Crippen LogP contribution >= 0.6 is 0 Å². The average Bonchev–Trinajstić information content (AvgIpc) is 2.55. The summed E-state index contributed by atoms with van der Waals surface area (Å²) < 4.78 is 13.6. The number of aliphatic hydroxyl groups excluding tert-OH is 1. The highest BCUT2D eigenvalue weighted by molar-refractivity contribution is 5.51. The van der Waals surface area contributed by atoms with E-state index in [2.05, 4.69) is 14.8 Å². The van der Waals surface area contributed by atoms with Crippen LogP contribution in [-0.2, 0) is 6.61 Å². The van der Waals surface area contributed by atoms with Gasteiger partial charge in [-0.1, -0.05) is 6.07 Å². The number of nitrogens with zero attached hydrogens (tertiary/aromatic N) is 3. The molecule has 4 nitrogen and oxygen atoms in total. The van der Waals surface area contributed by atoms with Crippen LogP contribution in [0.25, 0.3) is 0 Å². The van der Waals surface area contributed by atoms with E-state index in [-0.39, 0.29) is 12.4 Å². The number of piperazine rings is 1. The van der Waals surface area contributed by atoms with E-state index < -0.39 is 0 Å². The number of hydrogen-bond donors (Lipinski definition) is 1. The maximum atomic E-state index is 13.6. The van der Waals surface area contributed by atoms with Crippen molar-refractivity contribution in [2.24, 2.45) is 0 Å². The molecule has 1 aliphatic heterocycles. The number of anilines is 2. The zero-order chi connectivity index (χ0) is 14.7. The molecule has 0 radical (unpaired) electrons. The van der Waals surface area contributed by atoms with E-state index in [1.807, 2.05) is 24.3 Å². The molecule has 1 N–H and O–H groups in total. The molecule has 1 fully saturated rings. The summed E-state index contributed by atoms with van der Waals surface area (Å²) in [6.45, 7) is 3.18. The van der Waals surface area contributed by atoms with E-state index in [0.29, 0.717) is 5.56 Å². The quantitative estimate of drug-likeness (QED) is 0.938. The van der Waals surface area contributed by atoms with Gasteiger partial charge in [0.15, 0.2) is 0 Å². The molecular weight excluding hydrogens is 269 g/mol. The van der Waals surface area contributed by atoms with Crippen LogP contribution < -0.4 is 9.80 Å². The summed E-state index contributed by atoms with van der Waals surface area (Å²) in [6.07, 6.45) is 1.79. The molecule has 3 rings (SSSR count). The molecule has 1 aromatic heterocycles. The summed E-state index contributed by atoms with van der Waals surface area (Å²) in [5, 5.41) is 9.17. The first-order chi connectivity index (χ1) is 10.3. The van der Waals surface area contributed by atoms with Crippen molar-refractivity contribution < 1.29 is 9.50 Å². The van der Waals surface area contributed by atoms with Crippen LogP contribution in [-0.4, -0.2) is 36.3 Å². The van der Waals surface area contributed by atoms with Crippen molar-refractivity contribution >= 4 is 11.5 Å². The summed E-state index contributed by atoms with van der Waals surface area (Å²) in [5.41, 5.74) is 1.44. The zero-order valence-corrected chi connectivity index (χ0v) is 11.7. The van der Waals surface area contributed by atoms with Crippen LogP contribution in [0, 0.1) is 5.82 Å². The molecule has 0 atom stereocenters. The zero-order valence-electron chi connectivity index (χ0n) is 11.7. The van der Waals surface area contributed by atoms with Gasteiger partial charge in [0.2, 0.25) is 0 Å². The van der Waals surface area contributed by atoms with Gasteiger partial charge in [-0.2, -0.15) is 0 Å². The third-order valence-electron chi connectivity index (χ3n) is 3.74. The van der Waals surface area contributed by atoms with Gasteiger partial charge in [-0.25, -0.2) is 9.37 Å². The van der Waals surface area contributed by atoms with E-state index in [1.165, 1.54) is 12.1 Å². The molecule has 2 heterocycles. The van der Waals surface area contributed by atoms with Crippen molar-refractivity contribution in [1.29, 1.82) is 0 Å². The van der Waals surface area contributed by atoms with Crippen molar-refractivity contribution in [2.45, 2.75) is 6.61 Å². The summed E-state index contributed by atoms with van der Waals surface area (Å²) in [5.74, 6) is 0.677. The predicted octanol–water partition coefficient (Wildman–Crippen LogP) is 2.04. The van der Waals surface area contributed by atoms with Gasteiger partial charge in [0.1, 0.15) is 11.6 Å². The number of rotatable bonds is 3. The van der Waals surface area contributed by atoms with E-state index in [0.717, 1.165) is 37.7 Å². The third-order valence-corrected chi connectivity index (χ3v) is 3.74. The van der Waals surface area contributed by atoms with E-state index in [9.17, 15) is 9.50 Å². The van der Waals surface area contributed by atoms with Crippen LogP contribution in [0.15, 0.2) is 42.6 Å². The highest BCUT2D eigenvalue weighted by Crippen LogP contribution is 2.21. The van der Waals surface area contributed by atoms with Gasteiger partial charge in [-0.05, 0) is 35.9 Å².